The maximum atomic E-state index is 11.8. The van der Waals surface area contributed by atoms with Crippen LogP contribution in [-0.4, -0.2) is 47.5 Å². The first kappa shape index (κ1) is 40.7. The summed E-state index contributed by atoms with van der Waals surface area (Å²) in [6.07, 6.45) is 12.0. The fourth-order valence-electron chi connectivity index (χ4n) is 7.91. The second kappa shape index (κ2) is 18.4. The maximum absolute atomic E-state index is 11.8. The molecule has 0 spiro atoms. The highest BCUT2D eigenvalue weighted by molar-refractivity contribution is 6.02. The van der Waals surface area contributed by atoms with Crippen molar-refractivity contribution in [2.75, 3.05) is 0 Å². The number of rotatable bonds is 15. The Morgan fingerprint density at radius 3 is 1.81 bits per heavy atom. The first-order valence-corrected chi connectivity index (χ1v) is 20.3. The molecule has 3 heterocycles. The van der Waals surface area contributed by atoms with E-state index in [2.05, 4.69) is 81.7 Å². The van der Waals surface area contributed by atoms with Crippen LogP contribution in [0.5, 0.6) is 5.75 Å². The molecule has 0 bridgehead atoms. The third kappa shape index (κ3) is 8.90. The van der Waals surface area contributed by atoms with Crippen LogP contribution >= 0.6 is 0 Å². The van der Waals surface area contributed by atoms with E-state index in [1.165, 1.54) is 6.08 Å². The quantitative estimate of drug-likeness (QED) is 0.0589. The largest absolute Gasteiger partial charge is 0.488 e. The molecule has 3 aromatic heterocycles. The molecule has 8 rings (SSSR count). The Kier molecular flexibility index (Phi) is 12.1. The lowest BCUT2D eigenvalue weighted by Crippen LogP contribution is -2.04. The number of benzene rings is 5. The van der Waals surface area contributed by atoms with E-state index in [4.69, 9.17) is 4.74 Å². The molecule has 0 unspecified atom stereocenters. The molecular weight excluding hydrogens is 775 g/mol. The molecule has 8 aromatic rings. The van der Waals surface area contributed by atoms with Crippen LogP contribution in [0.3, 0.4) is 0 Å². The Hall–Kier alpha value is -8.11. The lowest BCUT2D eigenvalue weighted by atomic mass is 9.86. The predicted molar refractivity (Wildman–Crippen MR) is 246 cm³/mol. The SMILES string of the molecule is CC/C(=C(/c1ccc(/C=C/C(=O)O)c(OCc2ccccc2/C(CC)=C(\c2ccc(/C=C/C(=O)O)nc2)c2ccc3[nH]ncc3c2)c1)c1ccc2[nH]ncc2c1)c1ccccc1. The summed E-state index contributed by atoms with van der Waals surface area (Å²) in [4.78, 5) is 27.6. The van der Waals surface area contributed by atoms with E-state index in [9.17, 15) is 19.8 Å². The number of nitrogens with one attached hydrogen (secondary N) is 2. The Morgan fingerprint density at radius 1 is 0.597 bits per heavy atom. The number of nitrogens with zero attached hydrogens (tertiary/aromatic N) is 3. The minimum Gasteiger partial charge on any atom is -0.488 e. The van der Waals surface area contributed by atoms with Crippen molar-refractivity contribution >= 4 is 68.2 Å². The standard InChI is InChI=1S/C52H43N5O5/c1-3-43(33-10-6-5-7-11-33)51(35-17-22-46-40(26-35)30-54-56-46)37-15-14-34(19-24-49(58)59)48(28-37)62-32-39-12-8-9-13-45(39)44(4-2)52(36-18-23-47-41(27-36)31-55-57-47)38-16-20-42(53-29-38)21-25-50(60)61/h5-31H,3-4,32H2,1-2H3,(H,54,56)(H,55,57)(H,58,59)(H,60,61)/b24-19+,25-21+,51-43-,52-44-. The number of aromatic nitrogens is 5. The number of carbonyl (C=O) groups is 2. The molecule has 0 fully saturated rings. The van der Waals surface area contributed by atoms with E-state index in [1.807, 2.05) is 85.1 Å². The number of H-pyrrole nitrogens is 2. The van der Waals surface area contributed by atoms with E-state index >= 15 is 0 Å². The second-order valence-electron chi connectivity index (χ2n) is 14.6. The molecule has 0 saturated heterocycles. The molecule has 0 amide bonds. The zero-order valence-electron chi connectivity index (χ0n) is 34.2. The molecule has 5 aromatic carbocycles. The minimum absolute atomic E-state index is 0.182. The number of ether oxygens (including phenoxy) is 1. The lowest BCUT2D eigenvalue weighted by Gasteiger charge is -2.20. The van der Waals surface area contributed by atoms with Crippen LogP contribution in [0.2, 0.25) is 0 Å². The zero-order chi connectivity index (χ0) is 43.0. The van der Waals surface area contributed by atoms with Crippen molar-refractivity contribution in [1.29, 1.82) is 0 Å². The van der Waals surface area contributed by atoms with Gasteiger partial charge in [0.25, 0.3) is 0 Å². The fraction of sp³-hybridized carbons (Fsp3) is 0.0962. The molecule has 0 saturated carbocycles. The van der Waals surface area contributed by atoms with Crippen LogP contribution in [0.4, 0.5) is 0 Å². The highest BCUT2D eigenvalue weighted by atomic mass is 16.5. The normalized spacial score (nSPS) is 12.5. The average molecular weight is 818 g/mol. The van der Waals surface area contributed by atoms with E-state index in [0.717, 1.165) is 102 Å². The van der Waals surface area contributed by atoms with Crippen molar-refractivity contribution in [2.24, 2.45) is 0 Å². The van der Waals surface area contributed by atoms with Gasteiger partial charge in [0, 0.05) is 40.2 Å². The Labute approximate surface area is 358 Å². The van der Waals surface area contributed by atoms with Gasteiger partial charge in [0.15, 0.2) is 0 Å². The summed E-state index contributed by atoms with van der Waals surface area (Å²) in [7, 11) is 0. The number of carboxylic acid groups (broad SMARTS) is 2. The van der Waals surface area contributed by atoms with Gasteiger partial charge < -0.3 is 14.9 Å². The molecule has 4 N–H and O–H groups in total. The van der Waals surface area contributed by atoms with Crippen LogP contribution in [0, 0.1) is 0 Å². The van der Waals surface area contributed by atoms with Crippen molar-refractivity contribution in [3.05, 3.63) is 202 Å². The van der Waals surface area contributed by atoms with Gasteiger partial charge in [0.05, 0.1) is 29.1 Å². The van der Waals surface area contributed by atoms with Gasteiger partial charge >= 0.3 is 11.9 Å². The molecule has 306 valence electrons. The smallest absolute Gasteiger partial charge is 0.328 e. The Balaban J connectivity index is 1.25. The van der Waals surface area contributed by atoms with E-state index in [-0.39, 0.29) is 6.61 Å². The van der Waals surface area contributed by atoms with Crippen LogP contribution in [0.25, 0.3) is 56.3 Å². The van der Waals surface area contributed by atoms with Gasteiger partial charge in [0.2, 0.25) is 0 Å². The third-order valence-corrected chi connectivity index (χ3v) is 10.8. The maximum Gasteiger partial charge on any atom is 0.328 e. The van der Waals surface area contributed by atoms with Crippen molar-refractivity contribution < 1.29 is 24.5 Å². The second-order valence-corrected chi connectivity index (χ2v) is 14.6. The van der Waals surface area contributed by atoms with Crippen LogP contribution < -0.4 is 4.74 Å². The number of hydrogen-bond donors (Lipinski definition) is 4. The van der Waals surface area contributed by atoms with Crippen LogP contribution in [-0.2, 0) is 16.2 Å². The summed E-state index contributed by atoms with van der Waals surface area (Å²) in [6, 6.07) is 40.6. The molecule has 0 aliphatic heterocycles. The number of carboxylic acids is 2. The Morgan fingerprint density at radius 2 is 1.18 bits per heavy atom. The molecule has 0 radical (unpaired) electrons. The molecule has 0 aliphatic rings. The monoisotopic (exact) mass is 817 g/mol. The van der Waals surface area contributed by atoms with Gasteiger partial charge in [-0.3, -0.25) is 15.2 Å². The van der Waals surface area contributed by atoms with Crippen molar-refractivity contribution in [3.8, 4) is 5.75 Å². The predicted octanol–water partition coefficient (Wildman–Crippen LogP) is 11.3. The molecule has 0 atom stereocenters. The highest BCUT2D eigenvalue weighted by Gasteiger charge is 2.19. The van der Waals surface area contributed by atoms with Gasteiger partial charge in [-0.2, -0.15) is 10.2 Å². The topological polar surface area (TPSA) is 154 Å². The number of allylic oxidation sites excluding steroid dienone is 2. The summed E-state index contributed by atoms with van der Waals surface area (Å²) in [5, 5.41) is 35.4. The molecule has 62 heavy (non-hydrogen) atoms. The molecule has 10 heteroatoms. The van der Waals surface area contributed by atoms with E-state index in [1.54, 1.807) is 18.5 Å². The summed E-state index contributed by atoms with van der Waals surface area (Å²) in [6.45, 7) is 4.45. The number of pyridine rings is 1. The lowest BCUT2D eigenvalue weighted by molar-refractivity contribution is -0.132. The Bertz CT molecular complexity index is 3050. The molecule has 0 aliphatic carbocycles. The third-order valence-electron chi connectivity index (χ3n) is 10.8. The number of aromatic amines is 2. The van der Waals surface area contributed by atoms with Crippen molar-refractivity contribution in [2.45, 2.75) is 33.3 Å². The summed E-state index contributed by atoms with van der Waals surface area (Å²) in [5.74, 6) is -1.58. The molecular formula is C52H43N5O5. The van der Waals surface area contributed by atoms with Gasteiger partial charge in [-0.25, -0.2) is 9.59 Å². The summed E-state index contributed by atoms with van der Waals surface area (Å²) in [5.41, 5.74) is 14.0. The van der Waals surface area contributed by atoms with Gasteiger partial charge in [-0.15, -0.1) is 0 Å². The number of hydrogen-bond acceptors (Lipinski definition) is 6. The minimum atomic E-state index is -1.06. The van der Waals surface area contributed by atoms with Crippen LogP contribution in [0.15, 0.2) is 152 Å². The number of fused-ring (bicyclic) bond motifs is 2. The fourth-order valence-corrected chi connectivity index (χ4v) is 7.91. The van der Waals surface area contributed by atoms with Crippen molar-refractivity contribution in [3.63, 3.8) is 0 Å². The van der Waals surface area contributed by atoms with Gasteiger partial charge in [0.1, 0.15) is 12.4 Å². The summed E-state index contributed by atoms with van der Waals surface area (Å²) < 4.78 is 6.81. The average Bonchev–Trinajstić information content (AvgIpc) is 3.98. The first-order valence-electron chi connectivity index (χ1n) is 20.3. The summed E-state index contributed by atoms with van der Waals surface area (Å²) >= 11 is 0. The van der Waals surface area contributed by atoms with E-state index < -0.39 is 11.9 Å². The highest BCUT2D eigenvalue weighted by Crippen LogP contribution is 2.40. The van der Waals surface area contributed by atoms with Gasteiger partial charge in [-0.05, 0) is 117 Å². The van der Waals surface area contributed by atoms with Crippen LogP contribution in [0.1, 0.15) is 76.9 Å². The van der Waals surface area contributed by atoms with Gasteiger partial charge in [-0.1, -0.05) is 98.8 Å². The van der Waals surface area contributed by atoms with Crippen molar-refractivity contribution in [1.82, 2.24) is 25.4 Å². The zero-order valence-corrected chi connectivity index (χ0v) is 34.2. The first-order chi connectivity index (χ1) is 30.3. The van der Waals surface area contributed by atoms with E-state index in [0.29, 0.717) is 23.4 Å². The number of aliphatic carboxylic acids is 2. The molecule has 10 nitrogen and oxygen atoms in total.